The molecule has 1 atom stereocenters. The van der Waals surface area contributed by atoms with E-state index in [1.54, 1.807) is 41.4 Å². The number of hydrogen-bond acceptors (Lipinski definition) is 4. The standard InChI is InChI=1S/C22H19ClFN3O3S/c23-19-7-6-18(31-19)21(29)25-12-14-8-10-26(13-14)22(30)16-5-4-15(11-17(16)24)27-9-2-1-3-20(27)28/h1-7,9,11,14H,8,10,12-13H2,(H,25,29). The number of carbonyl (C=O) groups excluding carboxylic acids is 2. The predicted octanol–water partition coefficient (Wildman–Crippen LogP) is 3.58. The number of benzene rings is 1. The van der Waals surface area contributed by atoms with E-state index in [4.69, 9.17) is 11.6 Å². The molecule has 0 saturated carbocycles. The molecule has 4 rings (SSSR count). The van der Waals surface area contributed by atoms with Crippen LogP contribution in [0.1, 0.15) is 26.5 Å². The Kier molecular flexibility index (Phi) is 6.20. The maximum absolute atomic E-state index is 14.7. The van der Waals surface area contributed by atoms with Crippen molar-refractivity contribution in [1.29, 1.82) is 0 Å². The Hall–Kier alpha value is -2.97. The molecule has 0 spiro atoms. The van der Waals surface area contributed by atoms with Gasteiger partial charge in [0.15, 0.2) is 0 Å². The van der Waals surface area contributed by atoms with Gasteiger partial charge in [-0.05, 0) is 48.7 Å². The van der Waals surface area contributed by atoms with E-state index < -0.39 is 11.7 Å². The zero-order valence-corrected chi connectivity index (χ0v) is 18.0. The molecule has 1 aromatic carbocycles. The van der Waals surface area contributed by atoms with Gasteiger partial charge in [0.2, 0.25) is 0 Å². The predicted molar refractivity (Wildman–Crippen MR) is 118 cm³/mol. The van der Waals surface area contributed by atoms with Crippen molar-refractivity contribution in [2.45, 2.75) is 6.42 Å². The summed E-state index contributed by atoms with van der Waals surface area (Å²) in [4.78, 5) is 39.0. The third-order valence-corrected chi connectivity index (χ3v) is 6.44. The normalized spacial score (nSPS) is 15.8. The number of pyridine rings is 1. The van der Waals surface area contributed by atoms with E-state index in [9.17, 15) is 18.8 Å². The average Bonchev–Trinajstić information content (AvgIpc) is 3.41. The monoisotopic (exact) mass is 459 g/mol. The smallest absolute Gasteiger partial charge is 0.261 e. The van der Waals surface area contributed by atoms with Crippen molar-refractivity contribution >= 4 is 34.8 Å². The zero-order chi connectivity index (χ0) is 22.0. The number of nitrogens with one attached hydrogen (secondary N) is 1. The molecule has 1 aliphatic heterocycles. The molecular weight excluding hydrogens is 441 g/mol. The molecule has 2 amide bonds. The lowest BCUT2D eigenvalue weighted by Gasteiger charge is -2.18. The summed E-state index contributed by atoms with van der Waals surface area (Å²) < 4.78 is 16.5. The van der Waals surface area contributed by atoms with Crippen molar-refractivity contribution in [3.8, 4) is 5.69 Å². The van der Waals surface area contributed by atoms with Crippen LogP contribution in [-0.4, -0.2) is 40.9 Å². The zero-order valence-electron chi connectivity index (χ0n) is 16.4. The average molecular weight is 460 g/mol. The summed E-state index contributed by atoms with van der Waals surface area (Å²) in [5, 5.41) is 2.86. The van der Waals surface area contributed by atoms with Crippen LogP contribution >= 0.6 is 22.9 Å². The highest BCUT2D eigenvalue weighted by atomic mass is 35.5. The molecule has 3 heterocycles. The second kappa shape index (κ2) is 9.03. The van der Waals surface area contributed by atoms with Crippen LogP contribution in [0.4, 0.5) is 4.39 Å². The molecule has 1 fully saturated rings. The molecule has 0 radical (unpaired) electrons. The quantitative estimate of drug-likeness (QED) is 0.634. The van der Waals surface area contributed by atoms with Gasteiger partial charge in [-0.15, -0.1) is 11.3 Å². The van der Waals surface area contributed by atoms with E-state index in [1.807, 2.05) is 0 Å². The minimum atomic E-state index is -0.676. The fraction of sp³-hybridized carbons (Fsp3) is 0.227. The number of rotatable bonds is 5. The van der Waals surface area contributed by atoms with Crippen molar-refractivity contribution in [1.82, 2.24) is 14.8 Å². The van der Waals surface area contributed by atoms with Crippen LogP contribution in [0, 0.1) is 11.7 Å². The molecule has 0 aliphatic carbocycles. The number of hydrogen-bond donors (Lipinski definition) is 1. The van der Waals surface area contributed by atoms with E-state index in [2.05, 4.69) is 5.32 Å². The van der Waals surface area contributed by atoms with Crippen molar-refractivity contribution in [2.24, 2.45) is 5.92 Å². The molecule has 1 unspecified atom stereocenters. The lowest BCUT2D eigenvalue weighted by molar-refractivity contribution is 0.0782. The van der Waals surface area contributed by atoms with Crippen LogP contribution in [0.15, 0.2) is 59.5 Å². The van der Waals surface area contributed by atoms with E-state index in [0.717, 1.165) is 6.42 Å². The molecule has 1 aliphatic rings. The van der Waals surface area contributed by atoms with Gasteiger partial charge >= 0.3 is 0 Å². The van der Waals surface area contributed by atoms with E-state index in [1.165, 1.54) is 34.1 Å². The summed E-state index contributed by atoms with van der Waals surface area (Å²) in [5.41, 5.74) is 0.0382. The van der Waals surface area contributed by atoms with Gasteiger partial charge in [0, 0.05) is 31.9 Å². The van der Waals surface area contributed by atoms with Gasteiger partial charge in [-0.3, -0.25) is 19.0 Å². The molecule has 31 heavy (non-hydrogen) atoms. The topological polar surface area (TPSA) is 71.4 Å². The molecule has 9 heteroatoms. The van der Waals surface area contributed by atoms with E-state index in [0.29, 0.717) is 34.5 Å². The number of aromatic nitrogens is 1. The fourth-order valence-electron chi connectivity index (χ4n) is 3.58. The minimum absolute atomic E-state index is 0.0364. The summed E-state index contributed by atoms with van der Waals surface area (Å²) in [6.07, 6.45) is 2.26. The molecule has 1 saturated heterocycles. The molecule has 6 nitrogen and oxygen atoms in total. The van der Waals surface area contributed by atoms with Crippen LogP contribution in [0.25, 0.3) is 5.69 Å². The third kappa shape index (κ3) is 4.70. The molecular formula is C22H19ClFN3O3S. The Balaban J connectivity index is 1.38. The number of likely N-dealkylation sites (tertiary alicyclic amines) is 1. The van der Waals surface area contributed by atoms with Crippen LogP contribution in [0.3, 0.4) is 0 Å². The van der Waals surface area contributed by atoms with E-state index >= 15 is 0 Å². The summed E-state index contributed by atoms with van der Waals surface area (Å²) in [7, 11) is 0. The highest BCUT2D eigenvalue weighted by Crippen LogP contribution is 2.23. The maximum Gasteiger partial charge on any atom is 0.261 e. The lowest BCUT2D eigenvalue weighted by atomic mass is 10.1. The largest absolute Gasteiger partial charge is 0.351 e. The fourth-order valence-corrected chi connectivity index (χ4v) is 4.54. The summed E-state index contributed by atoms with van der Waals surface area (Å²) in [6, 6.07) is 12.2. The Labute approximate surface area is 186 Å². The first-order valence-electron chi connectivity index (χ1n) is 9.73. The molecule has 160 valence electrons. The van der Waals surface area contributed by atoms with Crippen molar-refractivity contribution in [3.05, 3.63) is 85.7 Å². The lowest BCUT2D eigenvalue weighted by Crippen LogP contribution is -2.33. The molecule has 0 bridgehead atoms. The number of amides is 2. The number of halogens is 2. The van der Waals surface area contributed by atoms with Crippen LogP contribution in [-0.2, 0) is 0 Å². The Morgan fingerprint density at radius 1 is 1.19 bits per heavy atom. The van der Waals surface area contributed by atoms with Crippen LogP contribution in [0.2, 0.25) is 4.34 Å². The first-order chi connectivity index (χ1) is 14.9. The third-order valence-electron chi connectivity index (χ3n) is 5.21. The van der Waals surface area contributed by atoms with Crippen molar-refractivity contribution < 1.29 is 14.0 Å². The van der Waals surface area contributed by atoms with Crippen molar-refractivity contribution in [2.75, 3.05) is 19.6 Å². The summed E-state index contributed by atoms with van der Waals surface area (Å²) in [5.74, 6) is -1.18. The highest BCUT2D eigenvalue weighted by molar-refractivity contribution is 7.17. The highest BCUT2D eigenvalue weighted by Gasteiger charge is 2.29. The van der Waals surface area contributed by atoms with Crippen LogP contribution < -0.4 is 10.9 Å². The summed E-state index contributed by atoms with van der Waals surface area (Å²) >= 11 is 7.06. The molecule has 3 aromatic rings. The summed E-state index contributed by atoms with van der Waals surface area (Å²) in [6.45, 7) is 1.35. The second-order valence-corrected chi connectivity index (χ2v) is 9.01. The molecule has 1 N–H and O–H groups in total. The Bertz CT molecular complexity index is 1190. The first kappa shape index (κ1) is 21.3. The maximum atomic E-state index is 14.7. The van der Waals surface area contributed by atoms with Crippen LogP contribution in [0.5, 0.6) is 0 Å². The Morgan fingerprint density at radius 2 is 2.03 bits per heavy atom. The van der Waals surface area contributed by atoms with Gasteiger partial charge < -0.3 is 10.2 Å². The second-order valence-electron chi connectivity index (χ2n) is 7.29. The minimum Gasteiger partial charge on any atom is -0.351 e. The number of thiophene rings is 1. The number of nitrogens with zero attached hydrogens (tertiary/aromatic N) is 2. The molecule has 2 aromatic heterocycles. The van der Waals surface area contributed by atoms with Gasteiger partial charge in [-0.1, -0.05) is 17.7 Å². The SMILES string of the molecule is O=C(NCC1CCN(C(=O)c2ccc(-n3ccccc3=O)cc2F)C1)c1ccc(Cl)s1. The Morgan fingerprint density at radius 3 is 2.74 bits per heavy atom. The van der Waals surface area contributed by atoms with Crippen molar-refractivity contribution in [3.63, 3.8) is 0 Å². The first-order valence-corrected chi connectivity index (χ1v) is 10.9. The van der Waals surface area contributed by atoms with Gasteiger partial charge in [-0.2, -0.15) is 0 Å². The number of carbonyl (C=O) groups is 2. The van der Waals surface area contributed by atoms with Gasteiger partial charge in [0.05, 0.1) is 20.5 Å². The van der Waals surface area contributed by atoms with Gasteiger partial charge in [-0.25, -0.2) is 4.39 Å². The van der Waals surface area contributed by atoms with E-state index in [-0.39, 0.29) is 22.9 Å². The van der Waals surface area contributed by atoms with Gasteiger partial charge in [0.1, 0.15) is 5.82 Å². The van der Waals surface area contributed by atoms with Gasteiger partial charge in [0.25, 0.3) is 17.4 Å².